The molecule has 19 heavy (non-hydrogen) atoms. The third-order valence-electron chi connectivity index (χ3n) is 3.55. The van der Waals surface area contributed by atoms with Crippen molar-refractivity contribution in [3.05, 3.63) is 44.0 Å². The van der Waals surface area contributed by atoms with Crippen LogP contribution in [0.4, 0.5) is 11.4 Å². The molecule has 1 aromatic rings. The number of nitro benzene ring substituents is 2. The molecule has 7 nitrogen and oxygen atoms in total. The lowest BCUT2D eigenvalue weighted by Gasteiger charge is -2.27. The highest BCUT2D eigenvalue weighted by Gasteiger charge is 2.31. The monoisotopic (exact) mass is 266 g/mol. The van der Waals surface area contributed by atoms with E-state index >= 15 is 0 Å². The number of rotatable bonds is 3. The van der Waals surface area contributed by atoms with Gasteiger partial charge in [-0.25, -0.2) is 0 Å². The molecule has 0 bridgehead atoms. The van der Waals surface area contributed by atoms with Crippen LogP contribution < -0.4 is 0 Å². The summed E-state index contributed by atoms with van der Waals surface area (Å²) >= 11 is 0. The third-order valence-corrected chi connectivity index (χ3v) is 3.55. The van der Waals surface area contributed by atoms with E-state index in [0.717, 1.165) is 18.9 Å². The van der Waals surface area contributed by atoms with Crippen molar-refractivity contribution in [2.75, 3.05) is 0 Å². The molecule has 1 saturated carbocycles. The number of non-ortho nitro benzene ring substituents is 1. The second kappa shape index (κ2) is 5.31. The van der Waals surface area contributed by atoms with Crippen molar-refractivity contribution in [2.45, 2.75) is 37.7 Å². The van der Waals surface area contributed by atoms with Crippen LogP contribution in [-0.4, -0.2) is 21.1 Å². The second-order valence-corrected chi connectivity index (χ2v) is 4.72. The predicted molar refractivity (Wildman–Crippen MR) is 67.0 cm³/mol. The summed E-state index contributed by atoms with van der Waals surface area (Å²) in [6.45, 7) is 0. The van der Waals surface area contributed by atoms with Crippen molar-refractivity contribution >= 4 is 11.4 Å². The van der Waals surface area contributed by atoms with Crippen LogP contribution in [0.15, 0.2) is 18.2 Å². The van der Waals surface area contributed by atoms with E-state index in [9.17, 15) is 25.3 Å². The topological polar surface area (TPSA) is 107 Å². The first-order valence-corrected chi connectivity index (χ1v) is 6.11. The summed E-state index contributed by atoms with van der Waals surface area (Å²) < 4.78 is 0. The highest BCUT2D eigenvalue weighted by Crippen LogP contribution is 2.38. The summed E-state index contributed by atoms with van der Waals surface area (Å²) in [4.78, 5) is 20.4. The number of aliphatic hydroxyl groups is 1. The Morgan fingerprint density at radius 3 is 2.37 bits per heavy atom. The molecule has 0 saturated heterocycles. The van der Waals surface area contributed by atoms with Gasteiger partial charge in [0.05, 0.1) is 22.0 Å². The van der Waals surface area contributed by atoms with Crippen molar-refractivity contribution in [3.63, 3.8) is 0 Å². The summed E-state index contributed by atoms with van der Waals surface area (Å²) in [5, 5.41) is 31.7. The van der Waals surface area contributed by atoms with Crippen LogP contribution in [0.5, 0.6) is 0 Å². The third kappa shape index (κ3) is 2.70. The van der Waals surface area contributed by atoms with Crippen LogP contribution in [0.2, 0.25) is 0 Å². The van der Waals surface area contributed by atoms with E-state index < -0.39 is 16.0 Å². The molecular formula is C12H14N2O5. The van der Waals surface area contributed by atoms with E-state index in [1.54, 1.807) is 0 Å². The molecule has 2 rings (SSSR count). The van der Waals surface area contributed by atoms with Crippen molar-refractivity contribution in [1.82, 2.24) is 0 Å². The smallest absolute Gasteiger partial charge is 0.279 e. The van der Waals surface area contributed by atoms with Gasteiger partial charge in [0.25, 0.3) is 11.4 Å². The molecule has 2 atom stereocenters. The molecule has 0 spiro atoms. The van der Waals surface area contributed by atoms with Gasteiger partial charge in [-0.1, -0.05) is 12.8 Å². The summed E-state index contributed by atoms with van der Waals surface area (Å²) in [6, 6.07) is 3.62. The number of nitro groups is 2. The van der Waals surface area contributed by atoms with Gasteiger partial charge in [-0.2, -0.15) is 0 Å². The lowest BCUT2D eigenvalue weighted by Crippen LogP contribution is -2.23. The molecule has 0 amide bonds. The van der Waals surface area contributed by atoms with Gasteiger partial charge < -0.3 is 5.11 Å². The first-order valence-electron chi connectivity index (χ1n) is 6.11. The summed E-state index contributed by atoms with van der Waals surface area (Å²) in [5.41, 5.74) is -0.191. The van der Waals surface area contributed by atoms with Crippen molar-refractivity contribution in [2.24, 2.45) is 0 Å². The van der Waals surface area contributed by atoms with Gasteiger partial charge in [-0.3, -0.25) is 20.2 Å². The standard InChI is InChI=1S/C12H14N2O5/c15-12-4-2-1-3-10(12)9-6-5-8(13(16)17)7-11(9)14(18)19/h5-7,10,12,15H,1-4H2/t10-,12-/m1/s1. The van der Waals surface area contributed by atoms with Crippen molar-refractivity contribution in [3.8, 4) is 0 Å². The van der Waals surface area contributed by atoms with Crippen LogP contribution >= 0.6 is 0 Å². The van der Waals surface area contributed by atoms with Gasteiger partial charge in [0.15, 0.2) is 0 Å². The number of hydrogen-bond acceptors (Lipinski definition) is 5. The molecule has 0 aromatic heterocycles. The van der Waals surface area contributed by atoms with Crippen LogP contribution in [0.25, 0.3) is 0 Å². The lowest BCUT2D eigenvalue weighted by molar-refractivity contribution is -0.394. The number of hydrogen-bond donors (Lipinski definition) is 1. The molecule has 0 unspecified atom stereocenters. The quantitative estimate of drug-likeness (QED) is 0.668. The van der Waals surface area contributed by atoms with Crippen LogP contribution in [0.1, 0.15) is 37.2 Å². The molecule has 1 N–H and O–H groups in total. The molecule has 0 heterocycles. The predicted octanol–water partition coefficient (Wildman–Crippen LogP) is 2.52. The fraction of sp³-hybridized carbons (Fsp3) is 0.500. The molecule has 1 aliphatic carbocycles. The Hall–Kier alpha value is -2.02. The van der Waals surface area contributed by atoms with Crippen LogP contribution in [0, 0.1) is 20.2 Å². The van der Waals surface area contributed by atoms with Crippen LogP contribution in [0.3, 0.4) is 0 Å². The van der Waals surface area contributed by atoms with Crippen molar-refractivity contribution in [1.29, 1.82) is 0 Å². The van der Waals surface area contributed by atoms with E-state index in [0.29, 0.717) is 18.4 Å². The normalized spacial score (nSPS) is 23.0. The highest BCUT2D eigenvalue weighted by atomic mass is 16.6. The fourth-order valence-electron chi connectivity index (χ4n) is 2.59. The van der Waals surface area contributed by atoms with E-state index in [2.05, 4.69) is 0 Å². The zero-order valence-corrected chi connectivity index (χ0v) is 10.2. The van der Waals surface area contributed by atoms with E-state index in [1.807, 2.05) is 0 Å². The first-order chi connectivity index (χ1) is 9.00. The Morgan fingerprint density at radius 2 is 1.79 bits per heavy atom. The Labute approximate surface area is 109 Å². The maximum atomic E-state index is 11.0. The number of nitrogens with zero attached hydrogens (tertiary/aromatic N) is 2. The van der Waals surface area contributed by atoms with Gasteiger partial charge in [-0.15, -0.1) is 0 Å². The average molecular weight is 266 g/mol. The van der Waals surface area contributed by atoms with E-state index in [1.165, 1.54) is 12.1 Å². The van der Waals surface area contributed by atoms with Crippen molar-refractivity contribution < 1.29 is 15.0 Å². The molecule has 0 aliphatic heterocycles. The Balaban J connectivity index is 2.44. The summed E-state index contributed by atoms with van der Waals surface area (Å²) in [5.74, 6) is -0.310. The average Bonchev–Trinajstić information content (AvgIpc) is 2.38. The maximum Gasteiger partial charge on any atom is 0.279 e. The number of benzene rings is 1. The molecule has 1 aromatic carbocycles. The Morgan fingerprint density at radius 1 is 1.11 bits per heavy atom. The molecule has 7 heteroatoms. The largest absolute Gasteiger partial charge is 0.392 e. The van der Waals surface area contributed by atoms with Crippen LogP contribution in [-0.2, 0) is 0 Å². The van der Waals surface area contributed by atoms with E-state index in [-0.39, 0.29) is 17.3 Å². The van der Waals surface area contributed by atoms with Gasteiger partial charge >= 0.3 is 0 Å². The highest BCUT2D eigenvalue weighted by molar-refractivity contribution is 5.51. The molecular weight excluding hydrogens is 252 g/mol. The van der Waals surface area contributed by atoms with E-state index in [4.69, 9.17) is 0 Å². The SMILES string of the molecule is O=[N+]([O-])c1ccc([C@H]2CCCC[C@H]2O)c([N+](=O)[O-])c1. The molecule has 1 fully saturated rings. The second-order valence-electron chi connectivity index (χ2n) is 4.72. The number of aliphatic hydroxyl groups excluding tert-OH is 1. The Kier molecular flexibility index (Phi) is 3.75. The summed E-state index contributed by atoms with van der Waals surface area (Å²) in [7, 11) is 0. The minimum absolute atomic E-state index is 0.278. The maximum absolute atomic E-state index is 11.0. The lowest BCUT2D eigenvalue weighted by atomic mass is 9.81. The zero-order chi connectivity index (χ0) is 14.0. The zero-order valence-electron chi connectivity index (χ0n) is 10.2. The van der Waals surface area contributed by atoms with Gasteiger partial charge in [0.2, 0.25) is 0 Å². The van der Waals surface area contributed by atoms with Gasteiger partial charge in [-0.05, 0) is 18.9 Å². The summed E-state index contributed by atoms with van der Waals surface area (Å²) in [6.07, 6.45) is 2.46. The minimum atomic E-state index is -0.659. The molecule has 1 aliphatic rings. The van der Waals surface area contributed by atoms with Gasteiger partial charge in [0.1, 0.15) is 0 Å². The fourth-order valence-corrected chi connectivity index (χ4v) is 2.59. The first kappa shape index (κ1) is 13.4. The molecule has 102 valence electrons. The molecule has 0 radical (unpaired) electrons. The van der Waals surface area contributed by atoms with Gasteiger partial charge in [0, 0.05) is 17.5 Å². The Bertz CT molecular complexity index is 517. The minimum Gasteiger partial charge on any atom is -0.392 e.